The highest BCUT2D eigenvalue weighted by molar-refractivity contribution is 6.04. The van der Waals surface area contributed by atoms with Gasteiger partial charge in [0, 0.05) is 19.2 Å². The highest BCUT2D eigenvalue weighted by atomic mass is 16.6. The van der Waals surface area contributed by atoms with E-state index in [1.54, 1.807) is 35.2 Å². The first-order valence-corrected chi connectivity index (χ1v) is 8.68. The minimum atomic E-state index is -0.580. The van der Waals surface area contributed by atoms with Crippen molar-refractivity contribution in [3.05, 3.63) is 64.2 Å². The van der Waals surface area contributed by atoms with Gasteiger partial charge in [0.25, 0.3) is 11.8 Å². The highest BCUT2D eigenvalue weighted by Crippen LogP contribution is 2.26. The van der Waals surface area contributed by atoms with Gasteiger partial charge in [-0.05, 0) is 18.2 Å². The standard InChI is InChI=1S/C19H19N3O6/c23-18(13-28-17-8-4-3-7-16(17)22(25)26)20-15-6-2-1-5-14(15)19(24)21-9-11-27-12-10-21/h1-8H,9-13H2,(H,20,23). The van der Waals surface area contributed by atoms with Crippen LogP contribution in [0.5, 0.6) is 5.75 Å². The number of hydrogen-bond donors (Lipinski definition) is 1. The van der Waals surface area contributed by atoms with Gasteiger partial charge in [0.15, 0.2) is 12.4 Å². The molecule has 2 aromatic rings. The number of rotatable bonds is 6. The lowest BCUT2D eigenvalue weighted by Crippen LogP contribution is -2.41. The van der Waals surface area contributed by atoms with Crippen LogP contribution in [0.1, 0.15) is 10.4 Å². The SMILES string of the molecule is O=C(COc1ccccc1[N+](=O)[O-])Nc1ccccc1C(=O)N1CCOCC1. The van der Waals surface area contributed by atoms with E-state index in [1.165, 1.54) is 18.2 Å². The number of amides is 2. The van der Waals surface area contributed by atoms with E-state index >= 15 is 0 Å². The van der Waals surface area contributed by atoms with Gasteiger partial charge in [-0.1, -0.05) is 24.3 Å². The molecule has 146 valence electrons. The van der Waals surface area contributed by atoms with Crippen molar-refractivity contribution in [2.24, 2.45) is 0 Å². The molecule has 2 aromatic carbocycles. The van der Waals surface area contributed by atoms with Crippen LogP contribution in [0, 0.1) is 10.1 Å². The molecule has 0 bridgehead atoms. The number of hydrogen-bond acceptors (Lipinski definition) is 6. The molecule has 28 heavy (non-hydrogen) atoms. The van der Waals surface area contributed by atoms with Gasteiger partial charge >= 0.3 is 5.69 Å². The average molecular weight is 385 g/mol. The second kappa shape index (κ2) is 8.96. The monoisotopic (exact) mass is 385 g/mol. The maximum absolute atomic E-state index is 12.7. The molecule has 2 amide bonds. The smallest absolute Gasteiger partial charge is 0.310 e. The molecule has 1 fully saturated rings. The van der Waals surface area contributed by atoms with Crippen molar-refractivity contribution in [2.45, 2.75) is 0 Å². The van der Waals surface area contributed by atoms with Crippen LogP contribution in [0.25, 0.3) is 0 Å². The van der Waals surface area contributed by atoms with Gasteiger partial charge in [-0.15, -0.1) is 0 Å². The maximum atomic E-state index is 12.7. The Hall–Kier alpha value is -3.46. The number of nitrogens with zero attached hydrogens (tertiary/aromatic N) is 2. The van der Waals surface area contributed by atoms with E-state index in [0.29, 0.717) is 37.6 Å². The molecule has 0 atom stereocenters. The van der Waals surface area contributed by atoms with Crippen molar-refractivity contribution < 1.29 is 24.0 Å². The predicted molar refractivity (Wildman–Crippen MR) is 100 cm³/mol. The van der Waals surface area contributed by atoms with Gasteiger partial charge in [-0.3, -0.25) is 19.7 Å². The van der Waals surface area contributed by atoms with Crippen LogP contribution < -0.4 is 10.1 Å². The fraction of sp³-hybridized carbons (Fsp3) is 0.263. The van der Waals surface area contributed by atoms with E-state index in [-0.39, 0.29) is 17.3 Å². The number of morpholine rings is 1. The molecule has 0 spiro atoms. The lowest BCUT2D eigenvalue weighted by atomic mass is 10.1. The third-order valence-electron chi connectivity index (χ3n) is 4.15. The molecule has 1 aliphatic rings. The normalized spacial score (nSPS) is 13.6. The van der Waals surface area contributed by atoms with Gasteiger partial charge in [-0.2, -0.15) is 0 Å². The molecule has 3 rings (SSSR count). The second-order valence-corrected chi connectivity index (χ2v) is 6.01. The minimum absolute atomic E-state index is 0.000304. The molecule has 1 aliphatic heterocycles. The van der Waals surface area contributed by atoms with E-state index in [0.717, 1.165) is 0 Å². The first-order chi connectivity index (χ1) is 13.6. The van der Waals surface area contributed by atoms with Crippen molar-refractivity contribution in [3.63, 3.8) is 0 Å². The predicted octanol–water partition coefficient (Wildman–Crippen LogP) is 2.08. The third-order valence-corrected chi connectivity index (χ3v) is 4.15. The molecule has 1 heterocycles. The number of ether oxygens (including phenoxy) is 2. The Morgan fingerprint density at radius 3 is 2.54 bits per heavy atom. The Labute approximate surface area is 161 Å². The van der Waals surface area contributed by atoms with Gasteiger partial charge in [0.2, 0.25) is 0 Å². The number of para-hydroxylation sites is 3. The zero-order valence-electron chi connectivity index (χ0n) is 15.0. The molecule has 0 aliphatic carbocycles. The molecular formula is C19H19N3O6. The largest absolute Gasteiger partial charge is 0.477 e. The summed E-state index contributed by atoms with van der Waals surface area (Å²) in [5.41, 5.74) is 0.497. The maximum Gasteiger partial charge on any atom is 0.310 e. The number of nitro groups is 1. The van der Waals surface area contributed by atoms with Crippen LogP contribution >= 0.6 is 0 Å². The number of carbonyl (C=O) groups excluding carboxylic acids is 2. The number of benzene rings is 2. The van der Waals surface area contributed by atoms with Crippen LogP contribution in [0.3, 0.4) is 0 Å². The van der Waals surface area contributed by atoms with Crippen LogP contribution in [-0.2, 0) is 9.53 Å². The van der Waals surface area contributed by atoms with E-state index in [4.69, 9.17) is 9.47 Å². The van der Waals surface area contributed by atoms with E-state index in [2.05, 4.69) is 5.32 Å². The van der Waals surface area contributed by atoms with Crippen molar-refractivity contribution >= 4 is 23.2 Å². The Kier molecular flexibility index (Phi) is 6.18. The summed E-state index contributed by atoms with van der Waals surface area (Å²) in [4.78, 5) is 37.1. The molecule has 0 unspecified atom stereocenters. The Morgan fingerprint density at radius 1 is 1.11 bits per heavy atom. The summed E-state index contributed by atoms with van der Waals surface area (Å²) >= 11 is 0. The summed E-state index contributed by atoms with van der Waals surface area (Å²) in [5.74, 6) is -0.723. The van der Waals surface area contributed by atoms with Crippen molar-refractivity contribution in [1.29, 1.82) is 0 Å². The van der Waals surface area contributed by atoms with Crippen LogP contribution in [-0.4, -0.2) is 54.5 Å². The van der Waals surface area contributed by atoms with Crippen molar-refractivity contribution in [3.8, 4) is 5.75 Å². The van der Waals surface area contributed by atoms with Crippen LogP contribution in [0.2, 0.25) is 0 Å². The fourth-order valence-corrected chi connectivity index (χ4v) is 2.78. The molecule has 0 saturated carbocycles. The van der Waals surface area contributed by atoms with Crippen molar-refractivity contribution in [2.75, 3.05) is 38.2 Å². The summed E-state index contributed by atoms with van der Waals surface area (Å²) in [6.45, 7) is 1.50. The van der Waals surface area contributed by atoms with E-state index in [9.17, 15) is 19.7 Å². The zero-order valence-corrected chi connectivity index (χ0v) is 15.0. The second-order valence-electron chi connectivity index (χ2n) is 6.01. The number of nitrogens with one attached hydrogen (secondary N) is 1. The summed E-state index contributed by atoms with van der Waals surface area (Å²) < 4.78 is 10.5. The zero-order chi connectivity index (χ0) is 19.9. The minimum Gasteiger partial charge on any atom is -0.477 e. The lowest BCUT2D eigenvalue weighted by Gasteiger charge is -2.27. The van der Waals surface area contributed by atoms with E-state index in [1.807, 2.05) is 0 Å². The lowest BCUT2D eigenvalue weighted by molar-refractivity contribution is -0.385. The summed E-state index contributed by atoms with van der Waals surface area (Å²) in [6, 6.07) is 12.5. The fourth-order valence-electron chi connectivity index (χ4n) is 2.78. The topological polar surface area (TPSA) is 111 Å². The van der Waals surface area contributed by atoms with Gasteiger partial charge in [-0.25, -0.2) is 0 Å². The Balaban J connectivity index is 1.66. The van der Waals surface area contributed by atoms with Crippen molar-refractivity contribution in [1.82, 2.24) is 4.90 Å². The molecule has 9 nitrogen and oxygen atoms in total. The van der Waals surface area contributed by atoms with Gasteiger partial charge in [0.1, 0.15) is 0 Å². The number of nitro benzene ring substituents is 1. The summed E-state index contributed by atoms with van der Waals surface area (Å²) in [5, 5.41) is 13.6. The third kappa shape index (κ3) is 4.63. The molecule has 0 radical (unpaired) electrons. The summed E-state index contributed by atoms with van der Waals surface area (Å²) in [6.07, 6.45) is 0. The molecule has 1 N–H and O–H groups in total. The average Bonchev–Trinajstić information content (AvgIpc) is 2.73. The van der Waals surface area contributed by atoms with Gasteiger partial charge < -0.3 is 19.7 Å². The molecule has 1 saturated heterocycles. The molecule has 0 aromatic heterocycles. The van der Waals surface area contributed by atoms with Crippen LogP contribution in [0.15, 0.2) is 48.5 Å². The first-order valence-electron chi connectivity index (χ1n) is 8.68. The highest BCUT2D eigenvalue weighted by Gasteiger charge is 2.22. The Morgan fingerprint density at radius 2 is 1.79 bits per heavy atom. The first kappa shape index (κ1) is 19.3. The molecular weight excluding hydrogens is 366 g/mol. The number of carbonyl (C=O) groups is 2. The quantitative estimate of drug-likeness (QED) is 0.602. The van der Waals surface area contributed by atoms with Gasteiger partial charge in [0.05, 0.1) is 29.4 Å². The summed E-state index contributed by atoms with van der Waals surface area (Å²) in [7, 11) is 0. The van der Waals surface area contributed by atoms with E-state index < -0.39 is 17.4 Å². The Bertz CT molecular complexity index is 879. The molecule has 9 heteroatoms. The van der Waals surface area contributed by atoms with Crippen LogP contribution in [0.4, 0.5) is 11.4 Å². The number of anilines is 1.